The lowest BCUT2D eigenvalue weighted by Gasteiger charge is -2.07. The maximum Gasteiger partial charge on any atom is 0.408 e. The zero-order valence-electron chi connectivity index (χ0n) is 7.40. The molecule has 0 aliphatic rings. The largest absolute Gasteiger partial charge is 0.408 e. The van der Waals surface area contributed by atoms with E-state index in [4.69, 9.17) is 5.73 Å². The summed E-state index contributed by atoms with van der Waals surface area (Å²) >= 11 is 3.14. The standard InChI is InChI=1S/C7H9BrF3N3/c1-4-6(8)5(2-12)13-14(4)3-7(9,10)11/h2-3,12H2,1H3. The van der Waals surface area contributed by atoms with Crippen LogP contribution < -0.4 is 5.73 Å². The lowest BCUT2D eigenvalue weighted by Crippen LogP contribution is -2.19. The lowest BCUT2D eigenvalue weighted by atomic mass is 10.4. The van der Waals surface area contributed by atoms with E-state index in [2.05, 4.69) is 21.0 Å². The van der Waals surface area contributed by atoms with E-state index >= 15 is 0 Å². The molecule has 3 nitrogen and oxygen atoms in total. The van der Waals surface area contributed by atoms with Crippen molar-refractivity contribution >= 4 is 15.9 Å². The molecule has 0 bridgehead atoms. The molecule has 0 aliphatic carbocycles. The Morgan fingerprint density at radius 2 is 2.07 bits per heavy atom. The molecule has 1 aromatic rings. The molecular formula is C7H9BrF3N3. The first-order chi connectivity index (χ1) is 6.35. The first-order valence-electron chi connectivity index (χ1n) is 3.83. The van der Waals surface area contributed by atoms with Crippen molar-refractivity contribution in [2.75, 3.05) is 0 Å². The summed E-state index contributed by atoms with van der Waals surface area (Å²) in [5, 5.41) is 3.74. The number of aromatic nitrogens is 2. The summed E-state index contributed by atoms with van der Waals surface area (Å²) < 4.78 is 37.6. The van der Waals surface area contributed by atoms with Crippen LogP contribution in [0.25, 0.3) is 0 Å². The van der Waals surface area contributed by atoms with Crippen LogP contribution >= 0.6 is 15.9 Å². The zero-order chi connectivity index (χ0) is 10.9. The van der Waals surface area contributed by atoms with Crippen LogP contribution in [-0.4, -0.2) is 16.0 Å². The van der Waals surface area contributed by atoms with Crippen LogP contribution in [0.2, 0.25) is 0 Å². The molecule has 0 spiro atoms. The number of nitrogens with zero attached hydrogens (tertiary/aromatic N) is 2. The quantitative estimate of drug-likeness (QED) is 0.894. The van der Waals surface area contributed by atoms with Gasteiger partial charge in [-0.05, 0) is 22.9 Å². The normalized spacial score (nSPS) is 12.1. The van der Waals surface area contributed by atoms with Crippen molar-refractivity contribution in [3.05, 3.63) is 15.9 Å². The highest BCUT2D eigenvalue weighted by Crippen LogP contribution is 2.24. The van der Waals surface area contributed by atoms with Crippen molar-refractivity contribution in [2.45, 2.75) is 26.2 Å². The summed E-state index contributed by atoms with van der Waals surface area (Å²) in [6.45, 7) is 0.589. The van der Waals surface area contributed by atoms with Crippen LogP contribution in [0.3, 0.4) is 0 Å². The van der Waals surface area contributed by atoms with Crippen LogP contribution in [0.5, 0.6) is 0 Å². The van der Waals surface area contributed by atoms with Gasteiger partial charge in [-0.25, -0.2) is 0 Å². The van der Waals surface area contributed by atoms with E-state index in [0.29, 0.717) is 15.9 Å². The molecule has 0 unspecified atom stereocenters. The van der Waals surface area contributed by atoms with Gasteiger partial charge in [0.15, 0.2) is 0 Å². The molecule has 0 aliphatic heterocycles. The third-order valence-corrected chi connectivity index (χ3v) is 2.75. The minimum atomic E-state index is -4.26. The van der Waals surface area contributed by atoms with E-state index < -0.39 is 12.7 Å². The molecule has 14 heavy (non-hydrogen) atoms. The fraction of sp³-hybridized carbons (Fsp3) is 0.571. The van der Waals surface area contributed by atoms with E-state index in [1.165, 1.54) is 0 Å². The number of hydrogen-bond donors (Lipinski definition) is 1. The highest BCUT2D eigenvalue weighted by molar-refractivity contribution is 9.10. The van der Waals surface area contributed by atoms with Gasteiger partial charge < -0.3 is 5.73 Å². The van der Waals surface area contributed by atoms with Gasteiger partial charge in [-0.3, -0.25) is 4.68 Å². The second-order valence-electron chi connectivity index (χ2n) is 2.82. The van der Waals surface area contributed by atoms with Crippen molar-refractivity contribution in [1.82, 2.24) is 9.78 Å². The Kier molecular flexibility index (Phi) is 3.20. The van der Waals surface area contributed by atoms with Gasteiger partial charge in [0.1, 0.15) is 6.54 Å². The lowest BCUT2D eigenvalue weighted by molar-refractivity contribution is -0.143. The van der Waals surface area contributed by atoms with E-state index in [9.17, 15) is 13.2 Å². The van der Waals surface area contributed by atoms with Gasteiger partial charge in [0.25, 0.3) is 0 Å². The van der Waals surface area contributed by atoms with E-state index in [0.717, 1.165) is 4.68 Å². The third kappa shape index (κ3) is 2.48. The topological polar surface area (TPSA) is 43.8 Å². The second-order valence-corrected chi connectivity index (χ2v) is 3.62. The summed E-state index contributed by atoms with van der Waals surface area (Å²) in [5.74, 6) is 0. The van der Waals surface area contributed by atoms with Crippen LogP contribution in [0.15, 0.2) is 4.47 Å². The Labute approximate surface area is 87.2 Å². The molecule has 1 heterocycles. The fourth-order valence-corrected chi connectivity index (χ4v) is 1.49. The van der Waals surface area contributed by atoms with Gasteiger partial charge in [-0.1, -0.05) is 0 Å². The van der Waals surface area contributed by atoms with E-state index in [-0.39, 0.29) is 6.54 Å². The molecule has 1 aromatic heterocycles. The molecular weight excluding hydrogens is 263 g/mol. The van der Waals surface area contributed by atoms with Crippen LogP contribution in [0.4, 0.5) is 13.2 Å². The zero-order valence-corrected chi connectivity index (χ0v) is 8.98. The number of nitrogens with two attached hydrogens (primary N) is 1. The van der Waals surface area contributed by atoms with E-state index in [1.807, 2.05) is 0 Å². The fourth-order valence-electron chi connectivity index (χ4n) is 1.04. The third-order valence-electron chi connectivity index (χ3n) is 1.72. The molecule has 0 saturated heterocycles. The highest BCUT2D eigenvalue weighted by Gasteiger charge is 2.30. The molecule has 0 radical (unpaired) electrons. The van der Waals surface area contributed by atoms with Crippen LogP contribution in [0, 0.1) is 6.92 Å². The Bertz CT molecular complexity index is 332. The maximum atomic E-state index is 12.1. The van der Waals surface area contributed by atoms with Crippen LogP contribution in [0.1, 0.15) is 11.4 Å². The molecule has 2 N–H and O–H groups in total. The average molecular weight is 272 g/mol. The smallest absolute Gasteiger partial charge is 0.325 e. The van der Waals surface area contributed by atoms with Crippen molar-refractivity contribution < 1.29 is 13.2 Å². The summed E-state index contributed by atoms with van der Waals surface area (Å²) in [6.07, 6.45) is -4.26. The Morgan fingerprint density at radius 3 is 2.43 bits per heavy atom. The van der Waals surface area contributed by atoms with E-state index in [1.54, 1.807) is 6.92 Å². The van der Waals surface area contributed by atoms with Crippen molar-refractivity contribution in [1.29, 1.82) is 0 Å². The first-order valence-corrected chi connectivity index (χ1v) is 4.63. The predicted molar refractivity (Wildman–Crippen MR) is 48.6 cm³/mol. The number of halogens is 4. The maximum absolute atomic E-state index is 12.1. The minimum Gasteiger partial charge on any atom is -0.325 e. The molecule has 0 fully saturated rings. The van der Waals surface area contributed by atoms with Gasteiger partial charge >= 0.3 is 6.18 Å². The Balaban J connectivity index is 2.99. The van der Waals surface area contributed by atoms with Crippen molar-refractivity contribution in [3.63, 3.8) is 0 Å². The Morgan fingerprint density at radius 1 is 1.50 bits per heavy atom. The molecule has 0 amide bonds. The SMILES string of the molecule is Cc1c(Br)c(CN)nn1CC(F)(F)F. The predicted octanol–water partition coefficient (Wildman–Crippen LogP) is 1.98. The molecule has 0 saturated carbocycles. The molecule has 1 rings (SSSR count). The number of hydrogen-bond acceptors (Lipinski definition) is 2. The van der Waals surface area contributed by atoms with Crippen LogP contribution in [-0.2, 0) is 13.1 Å². The number of rotatable bonds is 2. The molecule has 80 valence electrons. The Hall–Kier alpha value is -0.560. The minimum absolute atomic E-state index is 0.117. The summed E-state index contributed by atoms with van der Waals surface area (Å²) in [5.41, 5.74) is 6.18. The summed E-state index contributed by atoms with van der Waals surface area (Å²) in [7, 11) is 0. The van der Waals surface area contributed by atoms with Crippen molar-refractivity contribution in [3.8, 4) is 0 Å². The number of alkyl halides is 3. The second kappa shape index (κ2) is 3.90. The van der Waals surface area contributed by atoms with Gasteiger partial charge in [0.05, 0.1) is 15.9 Å². The van der Waals surface area contributed by atoms with Gasteiger partial charge in [-0.2, -0.15) is 18.3 Å². The molecule has 0 aromatic carbocycles. The highest BCUT2D eigenvalue weighted by atomic mass is 79.9. The summed E-state index contributed by atoms with van der Waals surface area (Å²) in [6, 6.07) is 0. The van der Waals surface area contributed by atoms with Gasteiger partial charge in [0, 0.05) is 6.54 Å². The average Bonchev–Trinajstić information content (AvgIpc) is 2.30. The molecule has 7 heteroatoms. The summed E-state index contributed by atoms with van der Waals surface area (Å²) in [4.78, 5) is 0. The van der Waals surface area contributed by atoms with Crippen molar-refractivity contribution in [2.24, 2.45) is 5.73 Å². The first kappa shape index (κ1) is 11.5. The van der Waals surface area contributed by atoms with Gasteiger partial charge in [-0.15, -0.1) is 0 Å². The monoisotopic (exact) mass is 271 g/mol. The van der Waals surface area contributed by atoms with Gasteiger partial charge in [0.2, 0.25) is 0 Å². The molecule has 0 atom stereocenters.